The molecule has 0 radical (unpaired) electrons. The van der Waals surface area contributed by atoms with Gasteiger partial charge in [-0.1, -0.05) is 146 Å². The molecular weight excluding hydrogens is 511 g/mol. The minimum atomic E-state index is -2.72. The van der Waals surface area contributed by atoms with Gasteiger partial charge in [-0.2, -0.15) is 0 Å². The van der Waals surface area contributed by atoms with Gasteiger partial charge in [0, 0.05) is 27.0 Å². The first-order valence-electron chi connectivity index (χ1n) is 13.0. The maximum Gasteiger partial charge on any atom is 0.238 e. The summed E-state index contributed by atoms with van der Waals surface area (Å²) in [5.41, 5.74) is 1.78. The molecule has 4 aromatic carbocycles. The van der Waals surface area contributed by atoms with E-state index in [2.05, 4.69) is 36.4 Å². The van der Waals surface area contributed by atoms with E-state index in [1.807, 2.05) is 91.0 Å². The third-order valence-electron chi connectivity index (χ3n) is 6.84. The number of hydrogen-bond donors (Lipinski definition) is 0. The third-order valence-corrected chi connectivity index (χ3v) is 10.5. The number of rotatable bonds is 7. The van der Waals surface area contributed by atoms with Crippen LogP contribution in [-0.4, -0.2) is 16.6 Å². The molecule has 1 aliphatic carbocycles. The van der Waals surface area contributed by atoms with Gasteiger partial charge in [-0.05, 0) is 6.07 Å². The van der Waals surface area contributed by atoms with E-state index in [-0.39, 0.29) is 11.4 Å². The second-order valence-electron chi connectivity index (χ2n) is 9.29. The highest BCUT2D eigenvalue weighted by Gasteiger charge is 2.33. The summed E-state index contributed by atoms with van der Waals surface area (Å²) >= 11 is 0. The van der Waals surface area contributed by atoms with Crippen LogP contribution in [0.15, 0.2) is 156 Å². The predicted molar refractivity (Wildman–Crippen MR) is 163 cm³/mol. The SMILES string of the molecule is O=C(C(=O)c1c2cccccc-2nc1N=P(c1ccccc1)(c1ccccc1)c1ccccc1)c1ccccc1. The highest BCUT2D eigenvalue weighted by Crippen LogP contribution is 2.50. The van der Waals surface area contributed by atoms with Gasteiger partial charge in [0.25, 0.3) is 0 Å². The summed E-state index contributed by atoms with van der Waals surface area (Å²) in [7, 11) is -2.72. The van der Waals surface area contributed by atoms with Crippen LogP contribution >= 0.6 is 7.05 Å². The third kappa shape index (κ3) is 4.59. The molecule has 4 nitrogen and oxygen atoms in total. The fourth-order valence-corrected chi connectivity index (χ4v) is 8.44. The molecule has 0 saturated carbocycles. The van der Waals surface area contributed by atoms with Crippen LogP contribution in [0.1, 0.15) is 20.7 Å². The number of carbonyl (C=O) groups is 2. The minimum Gasteiger partial charge on any atom is -0.285 e. The van der Waals surface area contributed by atoms with Crippen LogP contribution in [0.2, 0.25) is 0 Å². The average Bonchev–Trinajstić information content (AvgIpc) is 3.20. The van der Waals surface area contributed by atoms with Crippen LogP contribution in [0.4, 0.5) is 5.82 Å². The lowest BCUT2D eigenvalue weighted by molar-refractivity contribution is 0.0818. The topological polar surface area (TPSA) is 59.4 Å². The highest BCUT2D eigenvalue weighted by molar-refractivity contribution is 7.87. The van der Waals surface area contributed by atoms with Gasteiger partial charge in [-0.3, -0.25) is 9.59 Å². The van der Waals surface area contributed by atoms with Crippen LogP contribution in [0.5, 0.6) is 0 Å². The van der Waals surface area contributed by atoms with Crippen molar-refractivity contribution in [2.75, 3.05) is 0 Å². The smallest absolute Gasteiger partial charge is 0.238 e. The number of nitrogens with zero attached hydrogens (tertiary/aromatic N) is 2. The number of Topliss-reactive ketones (excluding diaryl/α,β-unsaturated/α-hetero) is 2. The Labute approximate surface area is 233 Å². The summed E-state index contributed by atoms with van der Waals surface area (Å²) < 4.78 is 5.48. The molecule has 0 amide bonds. The Kier molecular flexibility index (Phi) is 7.01. The molecule has 0 atom stereocenters. The van der Waals surface area contributed by atoms with Crippen molar-refractivity contribution in [3.05, 3.63) is 163 Å². The maximum atomic E-state index is 14.0. The zero-order chi connectivity index (χ0) is 27.4. The van der Waals surface area contributed by atoms with Crippen LogP contribution in [0, 0.1) is 0 Å². The molecule has 0 spiro atoms. The molecule has 0 bridgehead atoms. The van der Waals surface area contributed by atoms with E-state index < -0.39 is 18.6 Å². The van der Waals surface area contributed by atoms with Gasteiger partial charge >= 0.3 is 0 Å². The summed E-state index contributed by atoms with van der Waals surface area (Å²) in [6.45, 7) is 0. The number of fused-ring (bicyclic) bond motifs is 1. The fourth-order valence-electron chi connectivity index (χ4n) is 4.96. The van der Waals surface area contributed by atoms with E-state index in [0.29, 0.717) is 16.8 Å². The largest absolute Gasteiger partial charge is 0.285 e. The first kappa shape index (κ1) is 25.4. The zero-order valence-electron chi connectivity index (χ0n) is 21.6. The van der Waals surface area contributed by atoms with E-state index in [1.165, 1.54) is 0 Å². The first-order valence-corrected chi connectivity index (χ1v) is 14.7. The second kappa shape index (κ2) is 11.1. The normalized spacial score (nSPS) is 11.2. The van der Waals surface area contributed by atoms with Crippen molar-refractivity contribution in [2.45, 2.75) is 0 Å². The van der Waals surface area contributed by atoms with Gasteiger partial charge in [-0.25, -0.2) is 9.73 Å². The molecule has 192 valence electrons. The summed E-state index contributed by atoms with van der Waals surface area (Å²) in [6, 6.07) is 48.4. The van der Waals surface area contributed by atoms with Gasteiger partial charge < -0.3 is 0 Å². The molecule has 40 heavy (non-hydrogen) atoms. The number of ketones is 2. The van der Waals surface area contributed by atoms with Crippen LogP contribution < -0.4 is 15.9 Å². The van der Waals surface area contributed by atoms with E-state index >= 15 is 0 Å². The van der Waals surface area contributed by atoms with Crippen molar-refractivity contribution in [1.82, 2.24) is 4.98 Å². The quantitative estimate of drug-likeness (QED) is 0.125. The Morgan fingerprint density at radius 3 is 1.43 bits per heavy atom. The highest BCUT2D eigenvalue weighted by atomic mass is 31.2. The van der Waals surface area contributed by atoms with E-state index in [0.717, 1.165) is 15.9 Å². The van der Waals surface area contributed by atoms with E-state index in [1.54, 1.807) is 24.3 Å². The molecule has 0 fully saturated rings. The molecule has 0 saturated heterocycles. The van der Waals surface area contributed by atoms with Crippen LogP contribution in [0.3, 0.4) is 0 Å². The fraction of sp³-hybridized carbons (Fsp3) is 0. The Balaban J connectivity index is 1.72. The number of benzene rings is 4. The van der Waals surface area contributed by atoms with Crippen LogP contribution in [-0.2, 0) is 0 Å². The van der Waals surface area contributed by atoms with Crippen molar-refractivity contribution < 1.29 is 9.59 Å². The molecule has 1 aliphatic heterocycles. The van der Waals surface area contributed by atoms with Crippen molar-refractivity contribution in [1.29, 1.82) is 0 Å². The van der Waals surface area contributed by atoms with Crippen molar-refractivity contribution in [3.8, 4) is 11.3 Å². The van der Waals surface area contributed by atoms with Crippen LogP contribution in [0.25, 0.3) is 11.3 Å². The maximum absolute atomic E-state index is 14.0. The molecule has 5 heteroatoms. The van der Waals surface area contributed by atoms with Crippen molar-refractivity contribution >= 4 is 40.4 Å². The molecular formula is C35H25N2O2P. The second-order valence-corrected chi connectivity index (χ2v) is 12.3. The standard InChI is InChI=1S/C35H25N2O2P/c38-33(26-16-6-1-7-17-26)34(39)32-30-24-14-5-15-25-31(30)36-35(32)37-40(27-18-8-2-9-19-27,28-20-10-3-11-21-28)29-22-12-4-13-23-29/h1-25H. The molecule has 0 unspecified atom stereocenters. The van der Waals surface area contributed by atoms with E-state index in [4.69, 9.17) is 9.73 Å². The summed E-state index contributed by atoms with van der Waals surface area (Å²) in [5.74, 6) is -0.924. The molecule has 2 aliphatic rings. The van der Waals surface area contributed by atoms with Gasteiger partial charge in [0.05, 0.1) is 18.3 Å². The average molecular weight is 537 g/mol. The molecule has 0 N–H and O–H groups in total. The lowest BCUT2D eigenvalue weighted by atomic mass is 9.99. The Morgan fingerprint density at radius 2 is 0.925 bits per heavy atom. The summed E-state index contributed by atoms with van der Waals surface area (Å²) in [6.07, 6.45) is 0. The summed E-state index contributed by atoms with van der Waals surface area (Å²) in [5, 5.41) is 3.08. The van der Waals surface area contributed by atoms with Crippen molar-refractivity contribution in [2.24, 2.45) is 4.74 Å². The van der Waals surface area contributed by atoms with Gasteiger partial charge in [0.2, 0.25) is 11.6 Å². The van der Waals surface area contributed by atoms with Gasteiger partial charge in [0.15, 0.2) is 5.82 Å². The first-order chi connectivity index (χ1) is 19.7. The molecule has 6 rings (SSSR count). The Hall–Kier alpha value is -4.92. The Bertz CT molecular complexity index is 1720. The van der Waals surface area contributed by atoms with Crippen molar-refractivity contribution in [3.63, 3.8) is 0 Å². The van der Waals surface area contributed by atoms with Gasteiger partial charge in [-0.15, -0.1) is 0 Å². The molecule has 0 aromatic heterocycles. The predicted octanol–water partition coefficient (Wildman–Crippen LogP) is 7.06. The number of carbonyl (C=O) groups excluding carboxylic acids is 2. The zero-order valence-corrected chi connectivity index (χ0v) is 22.5. The molecule has 4 aromatic rings. The Morgan fingerprint density at radius 1 is 0.500 bits per heavy atom. The number of hydrogen-bond acceptors (Lipinski definition) is 4. The lowest BCUT2D eigenvalue weighted by Crippen LogP contribution is -2.25. The lowest BCUT2D eigenvalue weighted by Gasteiger charge is -2.26. The van der Waals surface area contributed by atoms with Gasteiger partial charge in [0.1, 0.15) is 0 Å². The molecule has 1 heterocycles. The minimum absolute atomic E-state index is 0.229. The summed E-state index contributed by atoms with van der Waals surface area (Å²) in [4.78, 5) is 32.4. The number of aromatic nitrogens is 1. The monoisotopic (exact) mass is 536 g/mol. The van der Waals surface area contributed by atoms with E-state index in [9.17, 15) is 9.59 Å².